The van der Waals surface area contributed by atoms with Gasteiger partial charge in [0.05, 0.1) is 18.5 Å². The predicted octanol–water partition coefficient (Wildman–Crippen LogP) is 0.343. The Kier molecular flexibility index (Phi) is 7.23. The maximum Gasteiger partial charge on any atom is 0.264 e. The first-order valence-electron chi connectivity index (χ1n) is 5.30. The second kappa shape index (κ2) is 6.88. The van der Waals surface area contributed by atoms with Crippen LogP contribution in [0.2, 0.25) is 0 Å². The minimum absolute atomic E-state index is 0. The van der Waals surface area contributed by atoms with Crippen molar-refractivity contribution in [3.63, 3.8) is 0 Å². The summed E-state index contributed by atoms with van der Waals surface area (Å²) < 4.78 is 32.3. The van der Waals surface area contributed by atoms with Crippen LogP contribution in [0.15, 0.2) is 0 Å². The fraction of sp³-hybridized carbons (Fsp3) is 0.900. The fourth-order valence-electron chi connectivity index (χ4n) is 1.87. The van der Waals surface area contributed by atoms with Crippen molar-refractivity contribution >= 4 is 10.1 Å². The van der Waals surface area contributed by atoms with E-state index in [1.807, 2.05) is 13.8 Å². The SMILES string of the molecule is CCC1(COS(C)(=O)=O)OC[CH-]C(O)C1C.[U]. The average Bonchev–Trinajstić information content (AvgIpc) is 2.20. The standard InChI is InChI=1S/C10H19O5S.U/c1-4-10(7-15-16(3,12)13)8(2)9(11)5-6-14-10;/h5,8-9,11H,4,6-7H2,1-3H3;/q-1;. The quantitative estimate of drug-likeness (QED) is 0.456. The van der Waals surface area contributed by atoms with Gasteiger partial charge in [-0.25, -0.2) is 0 Å². The van der Waals surface area contributed by atoms with Gasteiger partial charge in [-0.3, -0.25) is 10.6 Å². The zero-order valence-corrected chi connectivity index (χ0v) is 15.3. The monoisotopic (exact) mass is 489 g/mol. The predicted molar refractivity (Wildman–Crippen MR) is 59.2 cm³/mol. The Morgan fingerprint density at radius 3 is 2.65 bits per heavy atom. The third-order valence-electron chi connectivity index (χ3n) is 3.17. The maximum atomic E-state index is 11.0. The molecular formula is C10H19O5SU-. The third kappa shape index (κ3) is 4.81. The third-order valence-corrected chi connectivity index (χ3v) is 3.71. The van der Waals surface area contributed by atoms with E-state index in [1.165, 1.54) is 0 Å². The second-order valence-electron chi connectivity index (χ2n) is 4.21. The summed E-state index contributed by atoms with van der Waals surface area (Å²) >= 11 is 0. The van der Waals surface area contributed by atoms with Crippen molar-refractivity contribution in [3.05, 3.63) is 6.42 Å². The van der Waals surface area contributed by atoms with Crippen LogP contribution in [-0.2, 0) is 19.0 Å². The molecule has 1 aliphatic heterocycles. The average molecular weight is 489 g/mol. The van der Waals surface area contributed by atoms with Crippen molar-refractivity contribution in [2.75, 3.05) is 19.5 Å². The molecule has 1 fully saturated rings. The molecule has 0 spiro atoms. The van der Waals surface area contributed by atoms with E-state index in [1.54, 1.807) is 6.42 Å². The summed E-state index contributed by atoms with van der Waals surface area (Å²) in [7, 11) is -3.48. The Morgan fingerprint density at radius 1 is 1.59 bits per heavy atom. The first kappa shape index (κ1) is 17.9. The van der Waals surface area contributed by atoms with Gasteiger partial charge < -0.3 is 9.84 Å². The molecule has 0 bridgehead atoms. The molecule has 3 atom stereocenters. The van der Waals surface area contributed by atoms with Crippen LogP contribution in [0.25, 0.3) is 0 Å². The Labute approximate surface area is 127 Å². The zero-order chi connectivity index (χ0) is 12.4. The van der Waals surface area contributed by atoms with Crippen molar-refractivity contribution < 1.29 is 53.6 Å². The number of rotatable bonds is 4. The first-order valence-corrected chi connectivity index (χ1v) is 7.12. The van der Waals surface area contributed by atoms with Gasteiger partial charge in [0.15, 0.2) is 0 Å². The van der Waals surface area contributed by atoms with Crippen LogP contribution in [0.3, 0.4) is 0 Å². The van der Waals surface area contributed by atoms with Crippen LogP contribution < -0.4 is 0 Å². The summed E-state index contributed by atoms with van der Waals surface area (Å²) in [6.45, 7) is 3.98. The second-order valence-corrected chi connectivity index (χ2v) is 5.85. The van der Waals surface area contributed by atoms with Crippen molar-refractivity contribution in [3.8, 4) is 0 Å². The number of hydrogen-bond donors (Lipinski definition) is 1. The van der Waals surface area contributed by atoms with Gasteiger partial charge in [-0.1, -0.05) is 26.6 Å². The van der Waals surface area contributed by atoms with Gasteiger partial charge >= 0.3 is 0 Å². The number of ether oxygens (including phenoxy) is 1. The van der Waals surface area contributed by atoms with E-state index < -0.39 is 21.8 Å². The van der Waals surface area contributed by atoms with E-state index in [2.05, 4.69) is 0 Å². The van der Waals surface area contributed by atoms with Gasteiger partial charge in [0.25, 0.3) is 10.1 Å². The first-order chi connectivity index (χ1) is 7.31. The minimum atomic E-state index is -3.48. The molecule has 1 saturated heterocycles. The van der Waals surface area contributed by atoms with Crippen LogP contribution in [0.4, 0.5) is 0 Å². The molecule has 0 aliphatic carbocycles. The largest absolute Gasteiger partial charge is 0.425 e. The van der Waals surface area contributed by atoms with Crippen molar-refractivity contribution in [2.45, 2.75) is 32.0 Å². The fourth-order valence-corrected chi connectivity index (χ4v) is 2.28. The van der Waals surface area contributed by atoms with Gasteiger partial charge in [-0.15, -0.1) is 0 Å². The molecule has 0 radical (unpaired) electrons. The molecule has 0 aromatic carbocycles. The van der Waals surface area contributed by atoms with E-state index >= 15 is 0 Å². The van der Waals surface area contributed by atoms with Crippen molar-refractivity contribution in [1.29, 1.82) is 0 Å². The molecule has 17 heavy (non-hydrogen) atoms. The number of aliphatic hydroxyl groups is 1. The van der Waals surface area contributed by atoms with Crippen LogP contribution in [0.5, 0.6) is 0 Å². The van der Waals surface area contributed by atoms with Crippen LogP contribution >= 0.6 is 0 Å². The van der Waals surface area contributed by atoms with Crippen molar-refractivity contribution in [2.24, 2.45) is 5.92 Å². The van der Waals surface area contributed by atoms with Crippen molar-refractivity contribution in [1.82, 2.24) is 0 Å². The van der Waals surface area contributed by atoms with Crippen LogP contribution in [0.1, 0.15) is 20.3 Å². The molecule has 1 rings (SSSR count). The van der Waals surface area contributed by atoms with E-state index in [4.69, 9.17) is 8.92 Å². The summed E-state index contributed by atoms with van der Waals surface area (Å²) in [5.74, 6) is -0.187. The Balaban J connectivity index is 0.00000256. The molecule has 3 unspecified atom stereocenters. The summed E-state index contributed by atoms with van der Waals surface area (Å²) in [6.07, 6.45) is 2.68. The van der Waals surface area contributed by atoms with Gasteiger partial charge in [-0.2, -0.15) is 8.42 Å². The summed E-state index contributed by atoms with van der Waals surface area (Å²) in [4.78, 5) is 0. The van der Waals surface area contributed by atoms with E-state index in [0.717, 1.165) is 6.26 Å². The van der Waals surface area contributed by atoms with E-state index in [9.17, 15) is 13.5 Å². The molecule has 0 saturated carbocycles. The summed E-state index contributed by atoms with van der Waals surface area (Å²) in [6, 6.07) is 0. The van der Waals surface area contributed by atoms with E-state index in [-0.39, 0.29) is 43.6 Å². The number of hydrogen-bond acceptors (Lipinski definition) is 5. The molecule has 100 valence electrons. The summed E-state index contributed by atoms with van der Waals surface area (Å²) in [5, 5.41) is 9.73. The molecular weight excluding hydrogens is 470 g/mol. The van der Waals surface area contributed by atoms with E-state index in [0.29, 0.717) is 13.0 Å². The molecule has 7 heteroatoms. The van der Waals surface area contributed by atoms with Crippen LogP contribution in [0, 0.1) is 43.5 Å². The Bertz CT molecular complexity index is 332. The normalized spacial score (nSPS) is 34.1. The molecule has 1 aliphatic rings. The molecule has 1 N–H and O–H groups in total. The molecule has 5 nitrogen and oxygen atoms in total. The Morgan fingerprint density at radius 2 is 2.18 bits per heavy atom. The Hall–Kier alpha value is 0.882. The maximum absolute atomic E-state index is 11.0. The van der Waals surface area contributed by atoms with Gasteiger partial charge in [0.1, 0.15) is 0 Å². The summed E-state index contributed by atoms with van der Waals surface area (Å²) in [5.41, 5.74) is -0.725. The zero-order valence-electron chi connectivity index (χ0n) is 10.3. The molecule has 1 heterocycles. The topological polar surface area (TPSA) is 72.8 Å². The molecule has 0 amide bonds. The number of aliphatic hydroxyl groups excluding tert-OH is 1. The molecule has 0 aromatic heterocycles. The van der Waals surface area contributed by atoms with Gasteiger partial charge in [0, 0.05) is 31.1 Å². The van der Waals surface area contributed by atoms with Gasteiger partial charge in [-0.05, 0) is 12.3 Å². The minimum Gasteiger partial charge on any atom is -0.425 e. The smallest absolute Gasteiger partial charge is 0.264 e. The van der Waals surface area contributed by atoms with Crippen LogP contribution in [-0.4, -0.2) is 44.7 Å². The molecule has 0 aromatic rings. The van der Waals surface area contributed by atoms with Gasteiger partial charge in [0.2, 0.25) is 0 Å².